The quantitative estimate of drug-likeness (QED) is 0.867. The molecule has 0 saturated heterocycles. The van der Waals surface area contributed by atoms with Gasteiger partial charge in [0.1, 0.15) is 0 Å². The number of rotatable bonds is 4. The molecule has 2 aromatic carbocycles. The molecule has 2 rings (SSSR count). The molecule has 2 nitrogen and oxygen atoms in total. The number of para-hydroxylation sites is 1. The van der Waals surface area contributed by atoms with E-state index in [0.717, 1.165) is 6.04 Å². The van der Waals surface area contributed by atoms with E-state index >= 15 is 0 Å². The zero-order chi connectivity index (χ0) is 13.9. The van der Waals surface area contributed by atoms with E-state index in [2.05, 4.69) is 43.4 Å². The van der Waals surface area contributed by atoms with Crippen LogP contribution in [0.1, 0.15) is 5.56 Å². The van der Waals surface area contributed by atoms with Crippen molar-refractivity contribution >= 4 is 13.3 Å². The van der Waals surface area contributed by atoms with Crippen molar-refractivity contribution in [3.05, 3.63) is 54.1 Å². The number of phenolic OH excluding ortho intramolecular Hbond substituents is 1. The summed E-state index contributed by atoms with van der Waals surface area (Å²) >= 11 is 0. The molecule has 0 saturated carbocycles. The van der Waals surface area contributed by atoms with Gasteiger partial charge >= 0.3 is 0 Å². The Morgan fingerprint density at radius 1 is 1.00 bits per heavy atom. The van der Waals surface area contributed by atoms with Gasteiger partial charge in [-0.15, -0.1) is 0 Å². The molecular formula is C16H20O2Si. The zero-order valence-electron chi connectivity index (χ0n) is 11.7. The first-order chi connectivity index (χ1) is 9.04. The predicted molar refractivity (Wildman–Crippen MR) is 81.9 cm³/mol. The van der Waals surface area contributed by atoms with Crippen LogP contribution in [0.4, 0.5) is 0 Å². The van der Waals surface area contributed by atoms with Gasteiger partial charge in [-0.05, 0) is 17.3 Å². The molecule has 0 radical (unpaired) electrons. The second kappa shape index (κ2) is 5.49. The van der Waals surface area contributed by atoms with E-state index in [9.17, 15) is 5.11 Å². The number of benzene rings is 2. The summed E-state index contributed by atoms with van der Waals surface area (Å²) in [7, 11) is -0.0856. The normalized spacial score (nSPS) is 11.3. The van der Waals surface area contributed by atoms with Crippen LogP contribution in [-0.4, -0.2) is 20.3 Å². The molecule has 0 amide bonds. The smallest absolute Gasteiger partial charge is 0.159 e. The van der Waals surface area contributed by atoms with E-state index in [0.29, 0.717) is 5.75 Å². The molecule has 0 heterocycles. The number of phenols is 1. The van der Waals surface area contributed by atoms with Gasteiger partial charge in [0, 0.05) is 0 Å². The van der Waals surface area contributed by atoms with Gasteiger partial charge in [-0.25, -0.2) is 0 Å². The van der Waals surface area contributed by atoms with Gasteiger partial charge in [0.15, 0.2) is 11.5 Å². The minimum Gasteiger partial charge on any atom is -0.504 e. The van der Waals surface area contributed by atoms with Gasteiger partial charge in [0.2, 0.25) is 0 Å². The monoisotopic (exact) mass is 272 g/mol. The van der Waals surface area contributed by atoms with Crippen molar-refractivity contribution in [3.8, 4) is 11.5 Å². The Kier molecular flexibility index (Phi) is 3.95. The summed E-state index contributed by atoms with van der Waals surface area (Å²) in [6.07, 6.45) is 0. The molecule has 0 aliphatic carbocycles. The van der Waals surface area contributed by atoms with E-state index in [1.807, 2.05) is 12.1 Å². The summed E-state index contributed by atoms with van der Waals surface area (Å²) in [4.78, 5) is 0. The van der Waals surface area contributed by atoms with Crippen LogP contribution in [-0.2, 0) is 6.04 Å². The summed E-state index contributed by atoms with van der Waals surface area (Å²) < 4.78 is 5.38. The second-order valence-corrected chi connectivity index (χ2v) is 10.1. The van der Waals surface area contributed by atoms with Gasteiger partial charge in [-0.1, -0.05) is 61.1 Å². The van der Waals surface area contributed by atoms with Gasteiger partial charge in [0.05, 0.1) is 15.2 Å². The fourth-order valence-electron chi connectivity index (χ4n) is 2.47. The highest BCUT2D eigenvalue weighted by atomic mass is 28.3. The van der Waals surface area contributed by atoms with Crippen LogP contribution in [0.25, 0.3) is 0 Å². The first kappa shape index (κ1) is 13.7. The molecule has 0 unspecified atom stereocenters. The van der Waals surface area contributed by atoms with Crippen LogP contribution >= 0.6 is 0 Å². The van der Waals surface area contributed by atoms with Crippen molar-refractivity contribution in [3.63, 3.8) is 0 Å². The number of hydrogen-bond acceptors (Lipinski definition) is 2. The third-order valence-electron chi connectivity index (χ3n) is 3.42. The van der Waals surface area contributed by atoms with Crippen molar-refractivity contribution in [2.45, 2.75) is 19.1 Å². The Hall–Kier alpha value is -1.74. The number of hydrogen-bond donors (Lipinski definition) is 1. The Balaban J connectivity index is 2.37. The lowest BCUT2D eigenvalue weighted by molar-refractivity contribution is 0.376. The molecule has 0 fully saturated rings. The zero-order valence-corrected chi connectivity index (χ0v) is 12.7. The molecule has 19 heavy (non-hydrogen) atoms. The lowest BCUT2D eigenvalue weighted by atomic mass is 10.2. The third-order valence-corrected chi connectivity index (χ3v) is 6.56. The molecule has 0 spiro atoms. The van der Waals surface area contributed by atoms with Crippen LogP contribution < -0.4 is 9.92 Å². The average molecular weight is 272 g/mol. The molecule has 0 aliphatic heterocycles. The predicted octanol–water partition coefficient (Wildman–Crippen LogP) is 3.10. The van der Waals surface area contributed by atoms with E-state index < -0.39 is 8.07 Å². The highest BCUT2D eigenvalue weighted by Crippen LogP contribution is 2.26. The molecule has 1 N–H and O–H groups in total. The van der Waals surface area contributed by atoms with E-state index in [4.69, 9.17) is 4.74 Å². The maximum Gasteiger partial charge on any atom is 0.159 e. The summed E-state index contributed by atoms with van der Waals surface area (Å²) in [5.74, 6) is 0.865. The largest absolute Gasteiger partial charge is 0.504 e. The Morgan fingerprint density at radius 3 is 2.32 bits per heavy atom. The van der Waals surface area contributed by atoms with Crippen molar-refractivity contribution in [2.24, 2.45) is 0 Å². The molecule has 0 bridgehead atoms. The van der Waals surface area contributed by atoms with E-state index in [1.165, 1.54) is 10.8 Å². The fourth-order valence-corrected chi connectivity index (χ4v) is 5.31. The number of methoxy groups -OCH3 is 1. The Labute approximate surface area is 115 Å². The van der Waals surface area contributed by atoms with Gasteiger partial charge in [-0.2, -0.15) is 0 Å². The average Bonchev–Trinajstić information content (AvgIpc) is 2.39. The molecule has 0 aromatic heterocycles. The summed E-state index contributed by atoms with van der Waals surface area (Å²) in [5, 5.41) is 11.1. The van der Waals surface area contributed by atoms with Crippen molar-refractivity contribution in [1.82, 2.24) is 0 Å². The van der Waals surface area contributed by atoms with E-state index in [1.54, 1.807) is 13.2 Å². The van der Waals surface area contributed by atoms with Crippen LogP contribution in [0.5, 0.6) is 11.5 Å². The number of aromatic hydroxyl groups is 1. The standard InChI is InChI=1S/C16H20O2Si/c1-18-16-14(17)10-7-11-15(16)19(2,3)12-13-8-5-4-6-9-13/h4-11,17H,12H2,1-3H3. The Bertz CT molecular complexity index is 550. The molecule has 0 aliphatic rings. The molecule has 3 heteroatoms. The maximum absolute atomic E-state index is 9.92. The van der Waals surface area contributed by atoms with Gasteiger partial charge in [0.25, 0.3) is 0 Å². The minimum atomic E-state index is -1.70. The lowest BCUT2D eigenvalue weighted by Gasteiger charge is -2.25. The summed E-state index contributed by atoms with van der Waals surface area (Å²) in [6, 6.07) is 17.2. The lowest BCUT2D eigenvalue weighted by Crippen LogP contribution is -2.44. The van der Waals surface area contributed by atoms with Crippen molar-refractivity contribution in [2.75, 3.05) is 7.11 Å². The fraction of sp³-hybridized carbons (Fsp3) is 0.250. The molecule has 100 valence electrons. The van der Waals surface area contributed by atoms with Crippen LogP contribution in [0.3, 0.4) is 0 Å². The molecule has 2 aromatic rings. The maximum atomic E-state index is 9.92. The summed E-state index contributed by atoms with van der Waals surface area (Å²) in [6.45, 7) is 4.61. The highest BCUT2D eigenvalue weighted by molar-refractivity contribution is 6.90. The third kappa shape index (κ3) is 2.99. The first-order valence-electron chi connectivity index (χ1n) is 6.45. The minimum absolute atomic E-state index is 0.230. The SMILES string of the molecule is COc1c(O)cccc1[Si](C)(C)Cc1ccccc1. The highest BCUT2D eigenvalue weighted by Gasteiger charge is 2.28. The topological polar surface area (TPSA) is 29.5 Å². The molecular weight excluding hydrogens is 252 g/mol. The summed E-state index contributed by atoms with van der Waals surface area (Å²) in [5.41, 5.74) is 1.34. The van der Waals surface area contributed by atoms with E-state index in [-0.39, 0.29) is 5.75 Å². The van der Waals surface area contributed by atoms with Crippen LogP contribution in [0, 0.1) is 0 Å². The van der Waals surface area contributed by atoms with Crippen molar-refractivity contribution < 1.29 is 9.84 Å². The van der Waals surface area contributed by atoms with Crippen molar-refractivity contribution in [1.29, 1.82) is 0 Å². The van der Waals surface area contributed by atoms with Gasteiger partial charge < -0.3 is 9.84 Å². The number of ether oxygens (including phenoxy) is 1. The van der Waals surface area contributed by atoms with Gasteiger partial charge in [-0.3, -0.25) is 0 Å². The molecule has 0 atom stereocenters. The first-order valence-corrected chi connectivity index (χ1v) is 9.65. The van der Waals surface area contributed by atoms with Crippen LogP contribution in [0.2, 0.25) is 13.1 Å². The second-order valence-electron chi connectivity index (χ2n) is 5.40. The van der Waals surface area contributed by atoms with Crippen LogP contribution in [0.15, 0.2) is 48.5 Å². The Morgan fingerprint density at radius 2 is 1.68 bits per heavy atom.